The molecule has 148 valence electrons. The van der Waals surface area contributed by atoms with Crippen molar-refractivity contribution >= 4 is 0 Å². The summed E-state index contributed by atoms with van der Waals surface area (Å²) in [6.45, 7) is 28.0. The average molecular weight is 361 g/mol. The molecular weight excluding hydrogens is 320 g/mol. The Balaban J connectivity index is 4.61. The molecule has 2 unspecified atom stereocenters. The molecule has 0 bridgehead atoms. The molecule has 0 aromatic rings. The maximum atomic E-state index is 5.68. The van der Waals surface area contributed by atoms with Crippen LogP contribution in [0.1, 0.15) is 61.3 Å². The van der Waals surface area contributed by atoms with Gasteiger partial charge < -0.3 is 9.47 Å². The van der Waals surface area contributed by atoms with E-state index < -0.39 is 0 Å². The van der Waals surface area contributed by atoms with E-state index in [0.717, 1.165) is 18.4 Å². The number of hydrogen-bond donors (Lipinski definition) is 0. The van der Waals surface area contributed by atoms with Gasteiger partial charge >= 0.3 is 0 Å². The second-order valence-corrected chi connectivity index (χ2v) is 9.07. The molecule has 0 aliphatic heterocycles. The Kier molecular flexibility index (Phi) is 10.6. The highest BCUT2D eigenvalue weighted by molar-refractivity contribution is 5.25. The molecule has 0 N–H and O–H groups in total. The number of hydrogen-bond acceptors (Lipinski definition) is 2. The average Bonchev–Trinajstić information content (AvgIpc) is 2.48. The standard InChI is InChI=1S/C24H40O2/c1-11-12-13-14-17-25-21(4)26-20(3)16-15-19(2)22(24(8,9)10)18-23(5,6)7/h11-13,15-16,21-22H,1-3,14,17-18H2,4-10H3/b13-12-,16-15-. The minimum Gasteiger partial charge on any atom is -0.466 e. The van der Waals surface area contributed by atoms with E-state index in [-0.39, 0.29) is 17.1 Å². The van der Waals surface area contributed by atoms with Crippen LogP contribution in [0.5, 0.6) is 0 Å². The lowest BCUT2D eigenvalue weighted by atomic mass is 9.69. The zero-order valence-corrected chi connectivity index (χ0v) is 18.1. The molecule has 0 spiro atoms. The fourth-order valence-corrected chi connectivity index (χ4v) is 2.70. The van der Waals surface area contributed by atoms with Crippen LogP contribution in [0.4, 0.5) is 0 Å². The molecule has 0 amide bonds. The molecule has 0 saturated carbocycles. The summed E-state index contributed by atoms with van der Waals surface area (Å²) in [5, 5.41) is 0. The molecule has 0 aromatic heterocycles. The van der Waals surface area contributed by atoms with E-state index in [0.29, 0.717) is 18.3 Å². The molecule has 0 fully saturated rings. The van der Waals surface area contributed by atoms with E-state index in [4.69, 9.17) is 9.47 Å². The molecule has 0 heterocycles. The Morgan fingerprint density at radius 2 is 1.65 bits per heavy atom. The fraction of sp³-hybridized carbons (Fsp3) is 0.583. The molecule has 2 nitrogen and oxygen atoms in total. The normalized spacial score (nSPS) is 15.2. The summed E-state index contributed by atoms with van der Waals surface area (Å²) < 4.78 is 11.3. The van der Waals surface area contributed by atoms with Crippen LogP contribution < -0.4 is 0 Å². The van der Waals surface area contributed by atoms with Gasteiger partial charge in [0.2, 0.25) is 0 Å². The SMILES string of the molecule is C=C/C=C\CCOC(C)OC(=C)/C=C\C(=C)C(CC(C)(C)C)C(C)(C)C. The first-order chi connectivity index (χ1) is 11.9. The lowest BCUT2D eigenvalue weighted by Crippen LogP contribution is -2.26. The van der Waals surface area contributed by atoms with Crippen LogP contribution in [0.3, 0.4) is 0 Å². The predicted octanol–water partition coefficient (Wildman–Crippen LogP) is 7.22. The smallest absolute Gasteiger partial charge is 0.196 e. The molecule has 0 saturated heterocycles. The van der Waals surface area contributed by atoms with Crippen molar-refractivity contribution in [3.8, 4) is 0 Å². The molecule has 0 aromatic carbocycles. The van der Waals surface area contributed by atoms with Gasteiger partial charge in [0.1, 0.15) is 5.76 Å². The number of rotatable bonds is 11. The maximum absolute atomic E-state index is 5.68. The third kappa shape index (κ3) is 11.9. The molecule has 0 aliphatic rings. The van der Waals surface area contributed by atoms with Crippen LogP contribution in [0.15, 0.2) is 61.4 Å². The number of allylic oxidation sites excluding steroid dienone is 5. The van der Waals surface area contributed by atoms with Gasteiger partial charge in [0.05, 0.1) is 6.61 Å². The Bertz CT molecular complexity index is 509. The van der Waals surface area contributed by atoms with Crippen molar-refractivity contribution in [1.82, 2.24) is 0 Å². The summed E-state index contributed by atoms with van der Waals surface area (Å²) in [6.07, 6.45) is 11.2. The molecule has 0 rings (SSSR count). The van der Waals surface area contributed by atoms with Crippen molar-refractivity contribution in [2.45, 2.75) is 67.6 Å². The van der Waals surface area contributed by atoms with Crippen LogP contribution >= 0.6 is 0 Å². The lowest BCUT2D eigenvalue weighted by Gasteiger charge is -2.36. The van der Waals surface area contributed by atoms with Gasteiger partial charge in [-0.3, -0.25) is 0 Å². The van der Waals surface area contributed by atoms with E-state index >= 15 is 0 Å². The second kappa shape index (κ2) is 11.2. The van der Waals surface area contributed by atoms with Crippen molar-refractivity contribution in [3.63, 3.8) is 0 Å². The molecule has 26 heavy (non-hydrogen) atoms. The highest BCUT2D eigenvalue weighted by Crippen LogP contribution is 2.40. The van der Waals surface area contributed by atoms with Crippen molar-refractivity contribution < 1.29 is 9.47 Å². The summed E-state index contributed by atoms with van der Waals surface area (Å²) >= 11 is 0. The zero-order valence-electron chi connectivity index (χ0n) is 18.1. The van der Waals surface area contributed by atoms with Crippen molar-refractivity contribution in [1.29, 1.82) is 0 Å². The van der Waals surface area contributed by atoms with Gasteiger partial charge in [-0.1, -0.05) is 91.2 Å². The van der Waals surface area contributed by atoms with E-state index in [2.05, 4.69) is 61.3 Å². The Morgan fingerprint density at radius 3 is 2.15 bits per heavy atom. The fourth-order valence-electron chi connectivity index (χ4n) is 2.70. The molecular formula is C24H40O2. The van der Waals surface area contributed by atoms with Crippen LogP contribution in [0, 0.1) is 16.7 Å². The number of ether oxygens (including phenoxy) is 2. The van der Waals surface area contributed by atoms with Gasteiger partial charge in [-0.05, 0) is 42.6 Å². The highest BCUT2D eigenvalue weighted by Gasteiger charge is 2.30. The Hall–Kier alpha value is -1.54. The van der Waals surface area contributed by atoms with E-state index in [9.17, 15) is 0 Å². The minimum atomic E-state index is -0.328. The summed E-state index contributed by atoms with van der Waals surface area (Å²) in [7, 11) is 0. The third-order valence-corrected chi connectivity index (χ3v) is 4.02. The highest BCUT2D eigenvalue weighted by atomic mass is 16.7. The van der Waals surface area contributed by atoms with Crippen LogP contribution in [-0.2, 0) is 9.47 Å². The van der Waals surface area contributed by atoms with Gasteiger partial charge in [-0.15, -0.1) is 0 Å². The Labute approximate surface area is 162 Å². The minimum absolute atomic E-state index is 0.159. The first kappa shape index (κ1) is 24.5. The van der Waals surface area contributed by atoms with Crippen molar-refractivity contribution in [2.75, 3.05) is 6.61 Å². The lowest BCUT2D eigenvalue weighted by molar-refractivity contribution is -0.0981. The first-order valence-corrected chi connectivity index (χ1v) is 9.48. The van der Waals surface area contributed by atoms with E-state index in [1.807, 2.05) is 31.2 Å². The zero-order chi connectivity index (χ0) is 20.4. The van der Waals surface area contributed by atoms with Crippen molar-refractivity contribution in [3.05, 3.63) is 61.4 Å². The summed E-state index contributed by atoms with van der Waals surface area (Å²) in [6, 6.07) is 0. The molecule has 2 atom stereocenters. The van der Waals surface area contributed by atoms with E-state index in [1.165, 1.54) is 0 Å². The molecule has 2 heteroatoms. The van der Waals surface area contributed by atoms with Gasteiger partial charge in [-0.25, -0.2) is 0 Å². The third-order valence-electron chi connectivity index (χ3n) is 4.02. The molecule has 0 radical (unpaired) electrons. The summed E-state index contributed by atoms with van der Waals surface area (Å²) in [5.74, 6) is 0.987. The Morgan fingerprint density at radius 1 is 1.04 bits per heavy atom. The monoisotopic (exact) mass is 360 g/mol. The van der Waals surface area contributed by atoms with Gasteiger partial charge in [0, 0.05) is 0 Å². The van der Waals surface area contributed by atoms with Crippen LogP contribution in [-0.4, -0.2) is 12.9 Å². The molecule has 0 aliphatic carbocycles. The second-order valence-electron chi connectivity index (χ2n) is 9.07. The van der Waals surface area contributed by atoms with Crippen molar-refractivity contribution in [2.24, 2.45) is 16.7 Å². The largest absolute Gasteiger partial charge is 0.466 e. The van der Waals surface area contributed by atoms with Gasteiger partial charge in [0.25, 0.3) is 0 Å². The summed E-state index contributed by atoms with van der Waals surface area (Å²) in [5.41, 5.74) is 1.52. The van der Waals surface area contributed by atoms with Crippen LogP contribution in [0.25, 0.3) is 0 Å². The quantitative estimate of drug-likeness (QED) is 0.167. The topological polar surface area (TPSA) is 18.5 Å². The predicted molar refractivity (Wildman–Crippen MR) is 115 cm³/mol. The van der Waals surface area contributed by atoms with Crippen LogP contribution in [0.2, 0.25) is 0 Å². The van der Waals surface area contributed by atoms with Gasteiger partial charge in [0.15, 0.2) is 6.29 Å². The summed E-state index contributed by atoms with van der Waals surface area (Å²) in [4.78, 5) is 0. The first-order valence-electron chi connectivity index (χ1n) is 9.48. The maximum Gasteiger partial charge on any atom is 0.196 e. The van der Waals surface area contributed by atoms with E-state index in [1.54, 1.807) is 6.08 Å². The van der Waals surface area contributed by atoms with Gasteiger partial charge in [-0.2, -0.15) is 0 Å².